The highest BCUT2D eigenvalue weighted by atomic mass is 79.9. The smallest absolute Gasteiger partial charge is 0.119 e. The Bertz CT molecular complexity index is 413. The molecule has 1 aromatic rings. The highest BCUT2D eigenvalue weighted by Gasteiger charge is 2.14. The molecule has 1 aliphatic rings. The van der Waals surface area contributed by atoms with Crippen LogP contribution in [0.25, 0.3) is 0 Å². The fourth-order valence-electron chi connectivity index (χ4n) is 2.64. The summed E-state index contributed by atoms with van der Waals surface area (Å²) in [7, 11) is 0. The number of aliphatic hydroxyl groups excluding tert-OH is 1. The number of nitrogens with one attached hydrogen (secondary N) is 1. The van der Waals surface area contributed by atoms with Gasteiger partial charge in [-0.15, -0.1) is 12.4 Å². The first-order valence-electron chi connectivity index (χ1n) is 8.11. The maximum absolute atomic E-state index is 9.89. The largest absolute Gasteiger partial charge is 0.491 e. The second-order valence-electron chi connectivity index (χ2n) is 5.77. The molecule has 1 aliphatic carbocycles. The van der Waals surface area contributed by atoms with Crippen LogP contribution in [0.2, 0.25) is 0 Å². The molecule has 0 heterocycles. The van der Waals surface area contributed by atoms with Gasteiger partial charge in [-0.2, -0.15) is 0 Å². The zero-order valence-corrected chi connectivity index (χ0v) is 15.8. The Kier molecular flexibility index (Phi) is 10.9. The van der Waals surface area contributed by atoms with Crippen LogP contribution in [0.3, 0.4) is 0 Å². The molecular weight excluding hydrogens is 382 g/mol. The molecule has 0 amide bonds. The van der Waals surface area contributed by atoms with Crippen molar-refractivity contribution < 1.29 is 14.6 Å². The molecule has 132 valence electrons. The van der Waals surface area contributed by atoms with Gasteiger partial charge in [0.05, 0.1) is 19.3 Å². The number of rotatable bonds is 9. The van der Waals surface area contributed by atoms with Gasteiger partial charge in [-0.25, -0.2) is 0 Å². The minimum Gasteiger partial charge on any atom is -0.491 e. The highest BCUT2D eigenvalue weighted by Crippen LogP contribution is 2.17. The molecule has 1 fully saturated rings. The fraction of sp³-hybridized carbons (Fsp3) is 0.647. The van der Waals surface area contributed by atoms with E-state index in [0.717, 1.165) is 10.2 Å². The number of aliphatic hydroxyl groups is 1. The van der Waals surface area contributed by atoms with E-state index < -0.39 is 6.10 Å². The monoisotopic (exact) mass is 407 g/mol. The predicted molar refractivity (Wildman–Crippen MR) is 98.6 cm³/mol. The first-order valence-corrected chi connectivity index (χ1v) is 8.91. The van der Waals surface area contributed by atoms with Crippen LogP contribution >= 0.6 is 28.3 Å². The third-order valence-electron chi connectivity index (χ3n) is 3.87. The number of benzene rings is 1. The topological polar surface area (TPSA) is 50.7 Å². The van der Waals surface area contributed by atoms with Crippen LogP contribution in [0.1, 0.15) is 32.1 Å². The SMILES string of the molecule is Cl.O[C@@H](CNC1CCCCC1)COCCOc1ccc(Br)cc1. The number of halogens is 2. The van der Waals surface area contributed by atoms with Crippen molar-refractivity contribution in [3.05, 3.63) is 28.7 Å². The second-order valence-corrected chi connectivity index (χ2v) is 6.69. The summed E-state index contributed by atoms with van der Waals surface area (Å²) in [5.74, 6) is 0.825. The van der Waals surface area contributed by atoms with Crippen molar-refractivity contribution in [1.82, 2.24) is 5.32 Å². The fourth-order valence-corrected chi connectivity index (χ4v) is 2.90. The van der Waals surface area contributed by atoms with Crippen LogP contribution < -0.4 is 10.1 Å². The number of hydrogen-bond acceptors (Lipinski definition) is 4. The van der Waals surface area contributed by atoms with E-state index in [4.69, 9.17) is 9.47 Å². The summed E-state index contributed by atoms with van der Waals surface area (Å²) in [5.41, 5.74) is 0. The van der Waals surface area contributed by atoms with Gasteiger partial charge in [0.25, 0.3) is 0 Å². The average Bonchev–Trinajstić information content (AvgIpc) is 2.55. The summed E-state index contributed by atoms with van der Waals surface area (Å²) in [6.45, 7) is 1.93. The Morgan fingerprint density at radius 2 is 1.83 bits per heavy atom. The first-order chi connectivity index (χ1) is 10.7. The van der Waals surface area contributed by atoms with Crippen molar-refractivity contribution in [2.45, 2.75) is 44.2 Å². The molecule has 6 heteroatoms. The van der Waals surface area contributed by atoms with Gasteiger partial charge in [0.2, 0.25) is 0 Å². The van der Waals surface area contributed by atoms with Crippen molar-refractivity contribution in [3.8, 4) is 5.75 Å². The molecule has 4 nitrogen and oxygen atoms in total. The lowest BCUT2D eigenvalue weighted by Crippen LogP contribution is -2.38. The van der Waals surface area contributed by atoms with Gasteiger partial charge >= 0.3 is 0 Å². The molecule has 0 aromatic heterocycles. The summed E-state index contributed by atoms with van der Waals surface area (Å²) in [6.07, 6.45) is 5.97. The number of ether oxygens (including phenoxy) is 2. The average molecular weight is 409 g/mol. The van der Waals surface area contributed by atoms with Gasteiger partial charge in [0, 0.05) is 17.1 Å². The molecule has 1 saturated carbocycles. The second kappa shape index (κ2) is 12.1. The van der Waals surface area contributed by atoms with Crippen LogP contribution in [0, 0.1) is 0 Å². The van der Waals surface area contributed by atoms with Crippen molar-refractivity contribution >= 4 is 28.3 Å². The third-order valence-corrected chi connectivity index (χ3v) is 4.40. The van der Waals surface area contributed by atoms with Crippen LogP contribution in [-0.4, -0.2) is 43.6 Å². The van der Waals surface area contributed by atoms with Crippen molar-refractivity contribution in [2.24, 2.45) is 0 Å². The van der Waals surface area contributed by atoms with Crippen LogP contribution in [0.15, 0.2) is 28.7 Å². The molecule has 2 N–H and O–H groups in total. The van der Waals surface area contributed by atoms with Crippen molar-refractivity contribution in [3.63, 3.8) is 0 Å². The van der Waals surface area contributed by atoms with Crippen LogP contribution in [-0.2, 0) is 4.74 Å². The third kappa shape index (κ3) is 8.91. The van der Waals surface area contributed by atoms with Gasteiger partial charge in [-0.1, -0.05) is 35.2 Å². The molecule has 23 heavy (non-hydrogen) atoms. The lowest BCUT2D eigenvalue weighted by molar-refractivity contribution is 0.0235. The van der Waals surface area contributed by atoms with E-state index in [9.17, 15) is 5.11 Å². The summed E-state index contributed by atoms with van der Waals surface area (Å²) in [5, 5.41) is 13.3. The standard InChI is InChI=1S/C17H26BrNO3.ClH/c18-14-6-8-17(9-7-14)22-11-10-21-13-16(20)12-19-15-4-2-1-3-5-15;/h6-9,15-16,19-20H,1-5,10-13H2;1H/t16-;/m0./s1. The summed E-state index contributed by atoms with van der Waals surface area (Å²) < 4.78 is 12.0. The van der Waals surface area contributed by atoms with E-state index in [2.05, 4.69) is 21.2 Å². The lowest BCUT2D eigenvalue weighted by atomic mass is 9.95. The van der Waals surface area contributed by atoms with E-state index in [1.54, 1.807) is 0 Å². The molecule has 0 radical (unpaired) electrons. The predicted octanol–water partition coefficient (Wildman–Crippen LogP) is 3.55. The van der Waals surface area contributed by atoms with E-state index in [1.807, 2.05) is 24.3 Å². The van der Waals surface area contributed by atoms with Gasteiger partial charge in [0.15, 0.2) is 0 Å². The summed E-state index contributed by atoms with van der Waals surface area (Å²) in [4.78, 5) is 0. The maximum atomic E-state index is 9.89. The lowest BCUT2D eigenvalue weighted by Gasteiger charge is -2.24. The van der Waals surface area contributed by atoms with Gasteiger partial charge in [-0.3, -0.25) is 0 Å². The zero-order chi connectivity index (χ0) is 15.6. The first kappa shape index (κ1) is 20.7. The normalized spacial score (nSPS) is 16.6. The van der Waals surface area contributed by atoms with Crippen molar-refractivity contribution in [1.29, 1.82) is 0 Å². The quantitative estimate of drug-likeness (QED) is 0.614. The highest BCUT2D eigenvalue weighted by molar-refractivity contribution is 9.10. The molecule has 1 aromatic carbocycles. The molecule has 0 aliphatic heterocycles. The molecule has 0 saturated heterocycles. The van der Waals surface area contributed by atoms with E-state index in [-0.39, 0.29) is 12.4 Å². The van der Waals surface area contributed by atoms with E-state index in [0.29, 0.717) is 32.4 Å². The Balaban J connectivity index is 0.00000264. The van der Waals surface area contributed by atoms with Crippen molar-refractivity contribution in [2.75, 3.05) is 26.4 Å². The van der Waals surface area contributed by atoms with Gasteiger partial charge < -0.3 is 19.9 Å². The zero-order valence-electron chi connectivity index (χ0n) is 13.4. The maximum Gasteiger partial charge on any atom is 0.119 e. The Hall–Kier alpha value is -0.330. The molecule has 0 spiro atoms. The van der Waals surface area contributed by atoms with Gasteiger partial charge in [-0.05, 0) is 37.1 Å². The number of hydrogen-bond donors (Lipinski definition) is 2. The summed E-state index contributed by atoms with van der Waals surface area (Å²) in [6, 6.07) is 8.28. The Morgan fingerprint density at radius 1 is 1.13 bits per heavy atom. The van der Waals surface area contributed by atoms with Crippen LogP contribution in [0.5, 0.6) is 5.75 Å². The molecule has 2 rings (SSSR count). The van der Waals surface area contributed by atoms with E-state index in [1.165, 1.54) is 32.1 Å². The minimum atomic E-state index is -0.449. The molecule has 0 bridgehead atoms. The molecular formula is C17H27BrClNO3. The molecule has 0 unspecified atom stereocenters. The van der Waals surface area contributed by atoms with Crippen LogP contribution in [0.4, 0.5) is 0 Å². The Morgan fingerprint density at radius 3 is 2.52 bits per heavy atom. The Labute approximate surface area is 153 Å². The molecule has 1 atom stereocenters. The van der Waals surface area contributed by atoms with E-state index >= 15 is 0 Å². The minimum absolute atomic E-state index is 0. The summed E-state index contributed by atoms with van der Waals surface area (Å²) >= 11 is 3.38. The van der Waals surface area contributed by atoms with Gasteiger partial charge in [0.1, 0.15) is 12.4 Å².